The van der Waals surface area contributed by atoms with Gasteiger partial charge in [0.2, 0.25) is 5.88 Å². The van der Waals surface area contributed by atoms with Crippen LogP contribution in [0.1, 0.15) is 25.3 Å². The molecule has 0 radical (unpaired) electrons. The molecule has 2 aromatic rings. The zero-order valence-electron chi connectivity index (χ0n) is 10.9. The maximum absolute atomic E-state index is 5.35. The Morgan fingerprint density at radius 2 is 2.22 bits per heavy atom. The average molecular weight is 242 g/mol. The molecule has 1 saturated heterocycles. The topological polar surface area (TPSA) is 34.1 Å². The molecule has 1 aliphatic heterocycles. The molecule has 94 valence electrons. The molecule has 3 rings (SSSR count). The zero-order valence-corrected chi connectivity index (χ0v) is 10.9. The molecule has 0 aliphatic carbocycles. The number of benzene rings is 1. The standard InChI is InChI=1S/C15H18N2O/c1-15(7-3-8-17-15)12-5-4-11-6-9-16-14(18-2)13(11)10-12/h4-6,9-10,17H,3,7-8H2,1-2H3. The highest BCUT2D eigenvalue weighted by Crippen LogP contribution is 2.33. The third-order valence-corrected chi connectivity index (χ3v) is 3.93. The number of rotatable bonds is 2. The van der Waals surface area contributed by atoms with Gasteiger partial charge in [-0.2, -0.15) is 0 Å². The Morgan fingerprint density at radius 3 is 2.94 bits per heavy atom. The highest BCUT2D eigenvalue weighted by Gasteiger charge is 2.30. The van der Waals surface area contributed by atoms with Gasteiger partial charge in [-0.1, -0.05) is 12.1 Å². The average Bonchev–Trinajstić information content (AvgIpc) is 2.85. The fourth-order valence-electron chi connectivity index (χ4n) is 2.79. The number of aromatic nitrogens is 1. The van der Waals surface area contributed by atoms with Crippen LogP contribution in [0.2, 0.25) is 0 Å². The molecule has 1 unspecified atom stereocenters. The lowest BCUT2D eigenvalue weighted by molar-refractivity contribution is 0.403. The van der Waals surface area contributed by atoms with Gasteiger partial charge in [0.25, 0.3) is 0 Å². The number of pyridine rings is 1. The number of ether oxygens (including phenoxy) is 1. The lowest BCUT2D eigenvalue weighted by atomic mass is 9.89. The quantitative estimate of drug-likeness (QED) is 0.879. The second-order valence-electron chi connectivity index (χ2n) is 5.12. The Kier molecular flexibility index (Phi) is 2.71. The molecule has 3 heteroatoms. The molecule has 0 spiro atoms. The SMILES string of the molecule is COc1nccc2ccc(C3(C)CCCN3)cc12. The monoisotopic (exact) mass is 242 g/mol. The normalized spacial score (nSPS) is 23.4. The van der Waals surface area contributed by atoms with Crippen molar-refractivity contribution in [3.05, 3.63) is 36.0 Å². The van der Waals surface area contributed by atoms with Gasteiger partial charge in [0, 0.05) is 17.1 Å². The number of nitrogens with one attached hydrogen (secondary N) is 1. The fourth-order valence-corrected chi connectivity index (χ4v) is 2.79. The van der Waals surface area contributed by atoms with Crippen LogP contribution < -0.4 is 10.1 Å². The van der Waals surface area contributed by atoms with Crippen LogP contribution >= 0.6 is 0 Å². The van der Waals surface area contributed by atoms with Crippen molar-refractivity contribution in [1.29, 1.82) is 0 Å². The van der Waals surface area contributed by atoms with Crippen molar-refractivity contribution < 1.29 is 4.74 Å². The summed E-state index contributed by atoms with van der Waals surface area (Å²) < 4.78 is 5.35. The molecule has 18 heavy (non-hydrogen) atoms. The van der Waals surface area contributed by atoms with E-state index in [2.05, 4.69) is 35.4 Å². The van der Waals surface area contributed by atoms with E-state index >= 15 is 0 Å². The van der Waals surface area contributed by atoms with Crippen molar-refractivity contribution in [2.75, 3.05) is 13.7 Å². The lowest BCUT2D eigenvalue weighted by Crippen LogP contribution is -2.32. The maximum Gasteiger partial charge on any atom is 0.221 e. The van der Waals surface area contributed by atoms with E-state index < -0.39 is 0 Å². The summed E-state index contributed by atoms with van der Waals surface area (Å²) in [6.07, 6.45) is 4.20. The summed E-state index contributed by atoms with van der Waals surface area (Å²) >= 11 is 0. The molecule has 1 fully saturated rings. The number of hydrogen-bond donors (Lipinski definition) is 1. The second kappa shape index (κ2) is 4.25. The Labute approximate surface area is 107 Å². The van der Waals surface area contributed by atoms with Crippen LogP contribution in [0.4, 0.5) is 0 Å². The number of methoxy groups -OCH3 is 1. The Balaban J connectivity index is 2.15. The van der Waals surface area contributed by atoms with Crippen LogP contribution in [0.5, 0.6) is 5.88 Å². The maximum atomic E-state index is 5.35. The molecule has 0 saturated carbocycles. The summed E-state index contributed by atoms with van der Waals surface area (Å²) in [7, 11) is 1.67. The fraction of sp³-hybridized carbons (Fsp3) is 0.400. The van der Waals surface area contributed by atoms with Gasteiger partial charge in [0.1, 0.15) is 0 Å². The van der Waals surface area contributed by atoms with E-state index in [-0.39, 0.29) is 5.54 Å². The van der Waals surface area contributed by atoms with Gasteiger partial charge in [0.15, 0.2) is 0 Å². The molecule has 0 bridgehead atoms. The van der Waals surface area contributed by atoms with Gasteiger partial charge in [0.05, 0.1) is 7.11 Å². The predicted molar refractivity (Wildman–Crippen MR) is 72.9 cm³/mol. The lowest BCUT2D eigenvalue weighted by Gasteiger charge is -2.25. The van der Waals surface area contributed by atoms with Crippen molar-refractivity contribution >= 4 is 10.8 Å². The van der Waals surface area contributed by atoms with E-state index in [9.17, 15) is 0 Å². The highest BCUT2D eigenvalue weighted by atomic mass is 16.5. The van der Waals surface area contributed by atoms with Crippen molar-refractivity contribution in [3.63, 3.8) is 0 Å². The molecule has 1 atom stereocenters. The third kappa shape index (κ3) is 1.75. The molecule has 1 aliphatic rings. The molecule has 1 N–H and O–H groups in total. The van der Waals surface area contributed by atoms with Gasteiger partial charge in [-0.3, -0.25) is 0 Å². The first-order valence-corrected chi connectivity index (χ1v) is 6.41. The number of fused-ring (bicyclic) bond motifs is 1. The van der Waals surface area contributed by atoms with Gasteiger partial charge in [-0.15, -0.1) is 0 Å². The van der Waals surface area contributed by atoms with Crippen molar-refractivity contribution in [2.24, 2.45) is 0 Å². The molecule has 1 aromatic carbocycles. The first kappa shape index (κ1) is 11.5. The van der Waals surface area contributed by atoms with Crippen LogP contribution in [-0.4, -0.2) is 18.6 Å². The van der Waals surface area contributed by atoms with Gasteiger partial charge in [-0.05, 0) is 49.4 Å². The van der Waals surface area contributed by atoms with Gasteiger partial charge in [-0.25, -0.2) is 4.98 Å². The van der Waals surface area contributed by atoms with Crippen LogP contribution in [-0.2, 0) is 5.54 Å². The molecular weight excluding hydrogens is 224 g/mol. The minimum absolute atomic E-state index is 0.0923. The van der Waals surface area contributed by atoms with Crippen molar-refractivity contribution in [1.82, 2.24) is 10.3 Å². The Morgan fingerprint density at radius 1 is 1.33 bits per heavy atom. The van der Waals surface area contributed by atoms with E-state index in [1.54, 1.807) is 13.3 Å². The Bertz CT molecular complexity index is 574. The predicted octanol–water partition coefficient (Wildman–Crippen LogP) is 2.84. The molecular formula is C15H18N2O. The van der Waals surface area contributed by atoms with Crippen LogP contribution in [0.3, 0.4) is 0 Å². The summed E-state index contributed by atoms with van der Waals surface area (Å²) in [5.74, 6) is 0.705. The number of hydrogen-bond acceptors (Lipinski definition) is 3. The summed E-state index contributed by atoms with van der Waals surface area (Å²) in [5, 5.41) is 5.85. The van der Waals surface area contributed by atoms with E-state index in [0.29, 0.717) is 5.88 Å². The molecule has 0 amide bonds. The van der Waals surface area contributed by atoms with E-state index in [1.807, 2.05) is 6.07 Å². The van der Waals surface area contributed by atoms with E-state index in [4.69, 9.17) is 4.74 Å². The minimum Gasteiger partial charge on any atom is -0.481 e. The van der Waals surface area contributed by atoms with Gasteiger partial charge >= 0.3 is 0 Å². The molecule has 2 heterocycles. The summed E-state index contributed by atoms with van der Waals surface area (Å²) in [6.45, 7) is 3.36. The van der Waals surface area contributed by atoms with Crippen molar-refractivity contribution in [2.45, 2.75) is 25.3 Å². The molecule has 3 nitrogen and oxygen atoms in total. The zero-order chi connectivity index (χ0) is 12.6. The van der Waals surface area contributed by atoms with Crippen LogP contribution in [0, 0.1) is 0 Å². The summed E-state index contributed by atoms with van der Waals surface area (Å²) in [6, 6.07) is 8.59. The first-order valence-electron chi connectivity index (χ1n) is 6.41. The first-order chi connectivity index (χ1) is 8.73. The second-order valence-corrected chi connectivity index (χ2v) is 5.12. The largest absolute Gasteiger partial charge is 0.481 e. The molecule has 1 aromatic heterocycles. The van der Waals surface area contributed by atoms with Crippen LogP contribution in [0.25, 0.3) is 10.8 Å². The number of nitrogens with zero attached hydrogens (tertiary/aromatic N) is 1. The van der Waals surface area contributed by atoms with Gasteiger partial charge < -0.3 is 10.1 Å². The third-order valence-electron chi connectivity index (χ3n) is 3.93. The Hall–Kier alpha value is -1.61. The van der Waals surface area contributed by atoms with Crippen LogP contribution in [0.15, 0.2) is 30.5 Å². The summed E-state index contributed by atoms with van der Waals surface area (Å²) in [5.41, 5.74) is 1.41. The van der Waals surface area contributed by atoms with E-state index in [1.165, 1.54) is 23.8 Å². The minimum atomic E-state index is 0.0923. The highest BCUT2D eigenvalue weighted by molar-refractivity contribution is 5.87. The smallest absolute Gasteiger partial charge is 0.221 e. The van der Waals surface area contributed by atoms with E-state index in [0.717, 1.165) is 11.9 Å². The summed E-state index contributed by atoms with van der Waals surface area (Å²) in [4.78, 5) is 4.27. The van der Waals surface area contributed by atoms with Crippen molar-refractivity contribution in [3.8, 4) is 5.88 Å².